The van der Waals surface area contributed by atoms with Gasteiger partial charge in [0, 0.05) is 13.2 Å². The second-order valence-corrected chi connectivity index (χ2v) is 2.67. The van der Waals surface area contributed by atoms with Gasteiger partial charge in [0.2, 0.25) is 0 Å². The zero-order valence-electron chi connectivity index (χ0n) is 6.96. The average Bonchev–Trinajstić information content (AvgIpc) is 2.35. The lowest BCUT2D eigenvalue weighted by Crippen LogP contribution is -2.23. The maximum absolute atomic E-state index is 12.0. The van der Waals surface area contributed by atoms with Gasteiger partial charge in [-0.05, 0) is 6.92 Å². The lowest BCUT2D eigenvalue weighted by molar-refractivity contribution is 0.131. The highest BCUT2D eigenvalue weighted by Gasteiger charge is 2.13. The maximum atomic E-state index is 12.0. The summed E-state index contributed by atoms with van der Waals surface area (Å²) in [6.07, 6.45) is 0.808. The first kappa shape index (κ1) is 8.96. The number of nitrogens with one attached hydrogen (secondary N) is 1. The summed E-state index contributed by atoms with van der Waals surface area (Å²) in [5, 5.41) is 6.47. The number of hydrogen-bond acceptors (Lipinski definition) is 2. The zero-order valence-corrected chi connectivity index (χ0v) is 6.96. The maximum Gasteiger partial charge on any atom is 0.258 e. The molecule has 0 saturated carbocycles. The summed E-state index contributed by atoms with van der Waals surface area (Å²) >= 11 is 0. The van der Waals surface area contributed by atoms with Gasteiger partial charge in [-0.25, -0.2) is 8.78 Å². The van der Waals surface area contributed by atoms with E-state index in [0.29, 0.717) is 5.69 Å². The summed E-state index contributed by atoms with van der Waals surface area (Å²) in [5.41, 5.74) is 0.616. The van der Waals surface area contributed by atoms with Crippen molar-refractivity contribution in [1.29, 1.82) is 0 Å². The third-order valence-corrected chi connectivity index (χ3v) is 1.48. The van der Waals surface area contributed by atoms with E-state index in [-0.39, 0.29) is 0 Å². The molecule has 0 aliphatic heterocycles. The smallest absolute Gasteiger partial charge is 0.258 e. The first-order valence-electron chi connectivity index (χ1n) is 3.63. The molecule has 1 N–H and O–H groups in total. The standard InChI is InChI=1S/C7H11F2N3/c1-5(7(8)9)11-6-3-10-12(2)4-6/h3-5,7,11H,1-2H3. The second-order valence-electron chi connectivity index (χ2n) is 2.67. The van der Waals surface area contributed by atoms with E-state index in [1.165, 1.54) is 13.1 Å². The Morgan fingerprint density at radius 1 is 1.58 bits per heavy atom. The van der Waals surface area contributed by atoms with Crippen molar-refractivity contribution >= 4 is 5.69 Å². The Labute approximate surface area is 69.4 Å². The van der Waals surface area contributed by atoms with Crippen LogP contribution in [0.25, 0.3) is 0 Å². The average molecular weight is 175 g/mol. The molecule has 0 saturated heterocycles. The summed E-state index contributed by atoms with van der Waals surface area (Å²) < 4.78 is 25.6. The lowest BCUT2D eigenvalue weighted by atomic mass is 10.3. The van der Waals surface area contributed by atoms with E-state index in [4.69, 9.17) is 0 Å². The van der Waals surface area contributed by atoms with Crippen molar-refractivity contribution in [3.05, 3.63) is 12.4 Å². The van der Waals surface area contributed by atoms with Crippen LogP contribution in [-0.4, -0.2) is 22.2 Å². The second kappa shape index (κ2) is 3.51. The van der Waals surface area contributed by atoms with Crippen molar-refractivity contribution < 1.29 is 8.78 Å². The Morgan fingerprint density at radius 3 is 2.67 bits per heavy atom. The minimum absolute atomic E-state index is 0.616. The van der Waals surface area contributed by atoms with Crippen molar-refractivity contribution in [3.8, 4) is 0 Å². The Morgan fingerprint density at radius 2 is 2.25 bits per heavy atom. The minimum atomic E-state index is -2.36. The highest BCUT2D eigenvalue weighted by molar-refractivity contribution is 5.39. The topological polar surface area (TPSA) is 29.9 Å². The van der Waals surface area contributed by atoms with E-state index in [9.17, 15) is 8.78 Å². The Bertz CT molecular complexity index is 247. The predicted octanol–water partition coefficient (Wildman–Crippen LogP) is 1.49. The third-order valence-electron chi connectivity index (χ3n) is 1.48. The molecule has 3 nitrogen and oxygen atoms in total. The molecular formula is C7H11F2N3. The van der Waals surface area contributed by atoms with Gasteiger partial charge in [-0.3, -0.25) is 4.68 Å². The number of halogens is 2. The molecule has 1 atom stereocenters. The summed E-state index contributed by atoms with van der Waals surface area (Å²) in [4.78, 5) is 0. The van der Waals surface area contributed by atoms with Gasteiger partial charge < -0.3 is 5.32 Å². The molecule has 1 heterocycles. The van der Waals surface area contributed by atoms with Gasteiger partial charge in [0.25, 0.3) is 6.43 Å². The van der Waals surface area contributed by atoms with Crippen LogP contribution in [0.3, 0.4) is 0 Å². The summed E-state index contributed by atoms with van der Waals surface area (Å²) in [6, 6.07) is -0.839. The molecule has 0 fully saturated rings. The van der Waals surface area contributed by atoms with Gasteiger partial charge >= 0.3 is 0 Å². The largest absolute Gasteiger partial charge is 0.374 e. The van der Waals surface area contributed by atoms with Crippen molar-refractivity contribution in [2.24, 2.45) is 7.05 Å². The highest BCUT2D eigenvalue weighted by atomic mass is 19.3. The number of aryl methyl sites for hydroxylation is 1. The Kier molecular flexibility index (Phi) is 2.62. The fourth-order valence-electron chi connectivity index (χ4n) is 0.822. The van der Waals surface area contributed by atoms with Crippen LogP contribution in [0.5, 0.6) is 0 Å². The third kappa shape index (κ3) is 2.18. The van der Waals surface area contributed by atoms with E-state index in [1.807, 2.05) is 0 Å². The van der Waals surface area contributed by atoms with Gasteiger partial charge in [-0.15, -0.1) is 0 Å². The Balaban J connectivity index is 2.52. The molecule has 0 aliphatic rings. The van der Waals surface area contributed by atoms with E-state index < -0.39 is 12.5 Å². The van der Waals surface area contributed by atoms with Crippen LogP contribution < -0.4 is 5.32 Å². The molecule has 0 radical (unpaired) electrons. The van der Waals surface area contributed by atoms with Crippen LogP contribution in [0.15, 0.2) is 12.4 Å². The molecule has 5 heteroatoms. The fraction of sp³-hybridized carbons (Fsp3) is 0.571. The highest BCUT2D eigenvalue weighted by Crippen LogP contribution is 2.09. The number of anilines is 1. The number of hydrogen-bond donors (Lipinski definition) is 1. The zero-order chi connectivity index (χ0) is 9.14. The summed E-state index contributed by atoms with van der Waals surface area (Å²) in [5.74, 6) is 0. The molecule has 0 spiro atoms. The monoisotopic (exact) mass is 175 g/mol. The van der Waals surface area contributed by atoms with Crippen LogP contribution in [0.1, 0.15) is 6.92 Å². The number of alkyl halides is 2. The van der Waals surface area contributed by atoms with Crippen LogP contribution in [-0.2, 0) is 7.05 Å². The fourth-order valence-corrected chi connectivity index (χ4v) is 0.822. The van der Waals surface area contributed by atoms with E-state index >= 15 is 0 Å². The number of aromatic nitrogens is 2. The SMILES string of the molecule is CC(Nc1cnn(C)c1)C(F)F. The first-order valence-corrected chi connectivity index (χ1v) is 3.63. The van der Waals surface area contributed by atoms with Gasteiger partial charge in [0.05, 0.1) is 17.9 Å². The van der Waals surface area contributed by atoms with E-state index in [1.54, 1.807) is 17.9 Å². The van der Waals surface area contributed by atoms with Crippen molar-refractivity contribution in [2.45, 2.75) is 19.4 Å². The van der Waals surface area contributed by atoms with Gasteiger partial charge in [0.15, 0.2) is 0 Å². The number of nitrogens with zero attached hydrogens (tertiary/aromatic N) is 2. The quantitative estimate of drug-likeness (QED) is 0.754. The molecule has 0 bridgehead atoms. The van der Waals surface area contributed by atoms with Crippen LogP contribution >= 0.6 is 0 Å². The molecule has 1 aromatic heterocycles. The van der Waals surface area contributed by atoms with Crippen LogP contribution in [0, 0.1) is 0 Å². The van der Waals surface area contributed by atoms with Crippen molar-refractivity contribution in [2.75, 3.05) is 5.32 Å². The molecule has 0 amide bonds. The van der Waals surface area contributed by atoms with E-state index in [2.05, 4.69) is 10.4 Å². The molecule has 68 valence electrons. The molecule has 0 aromatic carbocycles. The normalized spacial score (nSPS) is 13.4. The Hall–Kier alpha value is -1.13. The predicted molar refractivity (Wildman–Crippen MR) is 42.3 cm³/mol. The van der Waals surface area contributed by atoms with Crippen molar-refractivity contribution in [3.63, 3.8) is 0 Å². The molecular weight excluding hydrogens is 164 g/mol. The van der Waals surface area contributed by atoms with E-state index in [0.717, 1.165) is 0 Å². The molecule has 1 aromatic rings. The number of rotatable bonds is 3. The van der Waals surface area contributed by atoms with Gasteiger partial charge in [0.1, 0.15) is 0 Å². The first-order chi connectivity index (χ1) is 5.59. The van der Waals surface area contributed by atoms with Gasteiger partial charge in [-0.1, -0.05) is 0 Å². The molecule has 0 aliphatic carbocycles. The molecule has 1 rings (SSSR count). The summed E-state index contributed by atoms with van der Waals surface area (Å²) in [7, 11) is 1.73. The summed E-state index contributed by atoms with van der Waals surface area (Å²) in [6.45, 7) is 1.43. The minimum Gasteiger partial charge on any atom is -0.374 e. The lowest BCUT2D eigenvalue weighted by Gasteiger charge is -2.11. The van der Waals surface area contributed by atoms with Crippen LogP contribution in [0.2, 0.25) is 0 Å². The van der Waals surface area contributed by atoms with Gasteiger partial charge in [-0.2, -0.15) is 5.10 Å². The molecule has 12 heavy (non-hydrogen) atoms. The van der Waals surface area contributed by atoms with Crippen LogP contribution in [0.4, 0.5) is 14.5 Å². The van der Waals surface area contributed by atoms with Crippen molar-refractivity contribution in [1.82, 2.24) is 9.78 Å². The molecule has 1 unspecified atom stereocenters.